The second-order valence-corrected chi connectivity index (χ2v) is 5.18. The summed E-state index contributed by atoms with van der Waals surface area (Å²) in [7, 11) is 0. The van der Waals surface area contributed by atoms with E-state index < -0.39 is 0 Å². The molecule has 1 heterocycles. The first-order valence-corrected chi connectivity index (χ1v) is 6.63. The number of carbonyl (C=O) groups excluding carboxylic acids is 2. The summed E-state index contributed by atoms with van der Waals surface area (Å²) in [5, 5.41) is 9.45. The van der Waals surface area contributed by atoms with Gasteiger partial charge in [-0.25, -0.2) is 0 Å². The van der Waals surface area contributed by atoms with Crippen LogP contribution >= 0.6 is 0 Å². The van der Waals surface area contributed by atoms with E-state index in [2.05, 4.69) is 0 Å². The number of aromatic hydroxyl groups is 1. The maximum Gasteiger partial charge on any atom is 0.256 e. The van der Waals surface area contributed by atoms with E-state index in [0.29, 0.717) is 30.8 Å². The fraction of sp³-hybridized carbons (Fsp3) is 0.429. The van der Waals surface area contributed by atoms with E-state index in [1.54, 1.807) is 4.90 Å². The first-order chi connectivity index (χ1) is 9.47. The van der Waals surface area contributed by atoms with Crippen molar-refractivity contribution in [2.24, 2.45) is 11.7 Å². The van der Waals surface area contributed by atoms with Gasteiger partial charge in [-0.3, -0.25) is 9.59 Å². The Morgan fingerprint density at radius 1 is 1.30 bits per heavy atom. The molecule has 20 heavy (non-hydrogen) atoms. The lowest BCUT2D eigenvalue weighted by Gasteiger charge is -2.31. The van der Waals surface area contributed by atoms with Crippen molar-refractivity contribution in [3.8, 4) is 5.75 Å². The number of nitrogen functional groups attached to an aromatic ring is 1. The van der Waals surface area contributed by atoms with E-state index in [1.807, 2.05) is 0 Å². The molecule has 0 saturated carbocycles. The van der Waals surface area contributed by atoms with Crippen LogP contribution in [0.5, 0.6) is 5.75 Å². The normalized spacial score (nSPS) is 16.1. The Morgan fingerprint density at radius 3 is 2.55 bits per heavy atom. The highest BCUT2D eigenvalue weighted by Crippen LogP contribution is 2.24. The number of amides is 2. The van der Waals surface area contributed by atoms with Crippen LogP contribution in [0.3, 0.4) is 0 Å². The van der Waals surface area contributed by atoms with Gasteiger partial charge in [0, 0.05) is 25.2 Å². The Hall–Kier alpha value is -2.24. The van der Waals surface area contributed by atoms with Crippen molar-refractivity contribution in [3.63, 3.8) is 0 Å². The van der Waals surface area contributed by atoms with Gasteiger partial charge < -0.3 is 21.5 Å². The number of hydrogen-bond acceptors (Lipinski definition) is 4. The van der Waals surface area contributed by atoms with Crippen molar-refractivity contribution in [3.05, 3.63) is 23.8 Å². The van der Waals surface area contributed by atoms with Gasteiger partial charge >= 0.3 is 0 Å². The quantitative estimate of drug-likeness (QED) is 0.558. The molecule has 0 aromatic heterocycles. The standard InChI is InChI=1S/C14H19N3O3/c15-12-2-1-10(18)8-11(12)14(20)17-5-3-9(4-6-17)7-13(16)19/h1-2,8-9,18H,3-7,15H2,(H2,16,19). The first kappa shape index (κ1) is 14.2. The van der Waals surface area contributed by atoms with Crippen molar-refractivity contribution >= 4 is 17.5 Å². The molecule has 0 atom stereocenters. The molecule has 108 valence electrons. The average molecular weight is 277 g/mol. The van der Waals surface area contributed by atoms with Gasteiger partial charge in [0.1, 0.15) is 5.75 Å². The van der Waals surface area contributed by atoms with Crippen molar-refractivity contribution in [2.45, 2.75) is 19.3 Å². The second-order valence-electron chi connectivity index (χ2n) is 5.18. The SMILES string of the molecule is NC(=O)CC1CCN(C(=O)c2cc(O)ccc2N)CC1. The number of phenolic OH excluding ortho intramolecular Hbond substituents is 1. The Morgan fingerprint density at radius 2 is 1.95 bits per heavy atom. The molecule has 2 amide bonds. The Kier molecular flexibility index (Phi) is 4.12. The van der Waals surface area contributed by atoms with Gasteiger partial charge in [0.15, 0.2) is 0 Å². The molecule has 0 spiro atoms. The molecule has 1 aromatic rings. The number of carbonyl (C=O) groups is 2. The van der Waals surface area contributed by atoms with Crippen LogP contribution in [0.2, 0.25) is 0 Å². The van der Waals surface area contributed by atoms with Crippen molar-refractivity contribution in [2.75, 3.05) is 18.8 Å². The predicted molar refractivity (Wildman–Crippen MR) is 75.0 cm³/mol. The van der Waals surface area contributed by atoms with E-state index >= 15 is 0 Å². The third kappa shape index (κ3) is 3.20. The molecular weight excluding hydrogens is 258 g/mol. The van der Waals surface area contributed by atoms with Crippen LogP contribution in [-0.4, -0.2) is 34.9 Å². The van der Waals surface area contributed by atoms with Gasteiger partial charge in [-0.05, 0) is 37.0 Å². The maximum absolute atomic E-state index is 12.3. The molecule has 6 nitrogen and oxygen atoms in total. The number of hydrogen-bond donors (Lipinski definition) is 3. The van der Waals surface area contributed by atoms with Gasteiger partial charge in [-0.15, -0.1) is 0 Å². The lowest BCUT2D eigenvalue weighted by Crippen LogP contribution is -2.39. The summed E-state index contributed by atoms with van der Waals surface area (Å²) < 4.78 is 0. The summed E-state index contributed by atoms with van der Waals surface area (Å²) in [6, 6.07) is 4.35. The minimum atomic E-state index is -0.299. The number of nitrogens with zero attached hydrogens (tertiary/aromatic N) is 1. The van der Waals surface area contributed by atoms with Crippen LogP contribution in [0.25, 0.3) is 0 Å². The van der Waals surface area contributed by atoms with E-state index in [1.165, 1.54) is 18.2 Å². The molecule has 2 rings (SSSR count). The number of benzene rings is 1. The molecule has 0 aliphatic carbocycles. The largest absolute Gasteiger partial charge is 0.508 e. The lowest BCUT2D eigenvalue weighted by atomic mass is 9.93. The maximum atomic E-state index is 12.3. The predicted octanol–water partition coefficient (Wildman–Crippen LogP) is 0.702. The summed E-state index contributed by atoms with van der Waals surface area (Å²) in [4.78, 5) is 24.9. The monoisotopic (exact) mass is 277 g/mol. The summed E-state index contributed by atoms with van der Waals surface area (Å²) in [5.41, 5.74) is 11.6. The molecule has 0 radical (unpaired) electrons. The number of nitrogens with two attached hydrogens (primary N) is 2. The average Bonchev–Trinajstić information content (AvgIpc) is 2.41. The molecule has 0 unspecified atom stereocenters. The third-order valence-electron chi connectivity index (χ3n) is 3.66. The molecule has 6 heteroatoms. The zero-order valence-electron chi connectivity index (χ0n) is 11.2. The fourth-order valence-electron chi connectivity index (χ4n) is 2.52. The third-order valence-corrected chi connectivity index (χ3v) is 3.66. The number of anilines is 1. The second kappa shape index (κ2) is 5.81. The summed E-state index contributed by atoms with van der Waals surface area (Å²) in [5.74, 6) is -0.216. The van der Waals surface area contributed by atoms with Crippen LogP contribution in [0.1, 0.15) is 29.6 Å². The summed E-state index contributed by atoms with van der Waals surface area (Å²) >= 11 is 0. The Labute approximate surface area is 117 Å². The molecule has 5 N–H and O–H groups in total. The molecule has 1 saturated heterocycles. The number of phenols is 1. The van der Waals surface area contributed by atoms with Crippen molar-refractivity contribution < 1.29 is 14.7 Å². The molecular formula is C14H19N3O3. The van der Waals surface area contributed by atoms with Gasteiger partial charge in [-0.2, -0.15) is 0 Å². The Bertz CT molecular complexity index is 522. The van der Waals surface area contributed by atoms with Crippen molar-refractivity contribution in [1.29, 1.82) is 0 Å². The number of piperidine rings is 1. The Balaban J connectivity index is 2.01. The van der Waals surface area contributed by atoms with E-state index in [0.717, 1.165) is 12.8 Å². The number of primary amides is 1. The van der Waals surface area contributed by atoms with Crippen LogP contribution in [-0.2, 0) is 4.79 Å². The summed E-state index contributed by atoms with van der Waals surface area (Å²) in [6.07, 6.45) is 1.89. The highest BCUT2D eigenvalue weighted by Gasteiger charge is 2.25. The molecule has 1 aliphatic heterocycles. The zero-order valence-corrected chi connectivity index (χ0v) is 11.2. The zero-order chi connectivity index (χ0) is 14.7. The number of rotatable bonds is 3. The molecule has 1 aliphatic rings. The smallest absolute Gasteiger partial charge is 0.256 e. The van der Waals surface area contributed by atoms with Crippen LogP contribution < -0.4 is 11.5 Å². The van der Waals surface area contributed by atoms with Gasteiger partial charge in [0.25, 0.3) is 5.91 Å². The minimum absolute atomic E-state index is 0.0196. The van der Waals surface area contributed by atoms with Crippen LogP contribution in [0.15, 0.2) is 18.2 Å². The lowest BCUT2D eigenvalue weighted by molar-refractivity contribution is -0.119. The molecule has 1 fully saturated rings. The number of likely N-dealkylation sites (tertiary alicyclic amines) is 1. The summed E-state index contributed by atoms with van der Waals surface area (Å²) in [6.45, 7) is 1.15. The van der Waals surface area contributed by atoms with E-state index in [9.17, 15) is 14.7 Å². The highest BCUT2D eigenvalue weighted by atomic mass is 16.3. The molecule has 0 bridgehead atoms. The van der Waals surface area contributed by atoms with Crippen molar-refractivity contribution in [1.82, 2.24) is 4.90 Å². The minimum Gasteiger partial charge on any atom is -0.508 e. The molecule has 1 aromatic carbocycles. The van der Waals surface area contributed by atoms with Gasteiger partial charge in [-0.1, -0.05) is 0 Å². The van der Waals surface area contributed by atoms with Crippen LogP contribution in [0.4, 0.5) is 5.69 Å². The van der Waals surface area contributed by atoms with Gasteiger partial charge in [0.2, 0.25) is 5.91 Å². The highest BCUT2D eigenvalue weighted by molar-refractivity contribution is 5.99. The topological polar surface area (TPSA) is 110 Å². The van der Waals surface area contributed by atoms with E-state index in [-0.39, 0.29) is 23.5 Å². The first-order valence-electron chi connectivity index (χ1n) is 6.63. The van der Waals surface area contributed by atoms with Crippen LogP contribution in [0, 0.1) is 5.92 Å². The fourth-order valence-corrected chi connectivity index (χ4v) is 2.52. The van der Waals surface area contributed by atoms with Gasteiger partial charge in [0.05, 0.1) is 5.56 Å². The van der Waals surface area contributed by atoms with E-state index in [4.69, 9.17) is 11.5 Å².